The fraction of sp³-hybridized carbons (Fsp3) is 0.562. The molecule has 126 valence electrons. The number of rotatable bonds is 3. The van der Waals surface area contributed by atoms with Crippen molar-refractivity contribution in [2.75, 3.05) is 26.3 Å². The third-order valence-electron chi connectivity index (χ3n) is 4.44. The zero-order valence-electron chi connectivity index (χ0n) is 12.8. The van der Waals surface area contributed by atoms with Gasteiger partial charge in [-0.25, -0.2) is 0 Å². The number of carbonyl (C=O) groups excluding carboxylic acids is 1. The predicted molar refractivity (Wildman–Crippen MR) is 89.0 cm³/mol. The first-order valence-electron chi connectivity index (χ1n) is 7.76. The molecule has 0 bridgehead atoms. The maximum absolute atomic E-state index is 12.7. The molecule has 2 aliphatic heterocycles. The lowest BCUT2D eigenvalue weighted by molar-refractivity contribution is -0.139. The van der Waals surface area contributed by atoms with E-state index in [1.807, 2.05) is 0 Å². The fourth-order valence-corrected chi connectivity index (χ4v) is 3.30. The highest BCUT2D eigenvalue weighted by molar-refractivity contribution is 6.42. The molecular weight excluding hydrogens is 339 g/mol. The number of amides is 1. The van der Waals surface area contributed by atoms with Crippen LogP contribution in [0.1, 0.15) is 19.3 Å². The summed E-state index contributed by atoms with van der Waals surface area (Å²) in [5.74, 6) is 0.660. The van der Waals surface area contributed by atoms with Crippen molar-refractivity contribution in [3.8, 4) is 5.75 Å². The van der Waals surface area contributed by atoms with Crippen LogP contribution in [0.4, 0.5) is 0 Å². The van der Waals surface area contributed by atoms with E-state index < -0.39 is 5.54 Å². The van der Waals surface area contributed by atoms with Crippen molar-refractivity contribution in [3.05, 3.63) is 28.2 Å². The van der Waals surface area contributed by atoms with Crippen LogP contribution in [0.2, 0.25) is 10.0 Å². The van der Waals surface area contributed by atoms with Gasteiger partial charge in [-0.1, -0.05) is 23.2 Å². The lowest BCUT2D eigenvalue weighted by Gasteiger charge is -2.35. The Bertz CT molecular complexity index is 591. The molecule has 2 heterocycles. The topological polar surface area (TPSA) is 64.8 Å². The van der Waals surface area contributed by atoms with Gasteiger partial charge < -0.3 is 20.1 Å². The van der Waals surface area contributed by atoms with E-state index >= 15 is 0 Å². The van der Waals surface area contributed by atoms with Crippen LogP contribution in [0, 0.1) is 0 Å². The van der Waals surface area contributed by atoms with Crippen molar-refractivity contribution in [1.29, 1.82) is 0 Å². The molecule has 2 fully saturated rings. The highest BCUT2D eigenvalue weighted by atomic mass is 35.5. The third-order valence-corrected chi connectivity index (χ3v) is 5.18. The molecule has 2 saturated heterocycles. The standard InChI is InChI=1S/C16H20Cl2N2O3/c17-13-2-1-11(9-14(13)18)23-12-3-6-20(10-12)15(21)16(19)4-7-22-8-5-16/h1-2,9,12H,3-8,10,19H2. The molecule has 1 amide bonds. The monoisotopic (exact) mass is 358 g/mol. The molecule has 0 aromatic heterocycles. The zero-order valence-corrected chi connectivity index (χ0v) is 14.3. The average molecular weight is 359 g/mol. The summed E-state index contributed by atoms with van der Waals surface area (Å²) in [6.07, 6.45) is 1.86. The van der Waals surface area contributed by atoms with E-state index in [0.29, 0.717) is 54.9 Å². The summed E-state index contributed by atoms with van der Waals surface area (Å²) in [6, 6.07) is 5.17. The van der Waals surface area contributed by atoms with Crippen molar-refractivity contribution >= 4 is 29.1 Å². The second kappa shape index (κ2) is 6.85. The average Bonchev–Trinajstić information content (AvgIpc) is 2.99. The Morgan fingerprint density at radius 2 is 2.04 bits per heavy atom. The van der Waals surface area contributed by atoms with Crippen LogP contribution in [-0.4, -0.2) is 48.8 Å². The molecule has 0 spiro atoms. The van der Waals surface area contributed by atoms with Gasteiger partial charge in [0.15, 0.2) is 0 Å². The van der Waals surface area contributed by atoms with E-state index in [1.54, 1.807) is 23.1 Å². The number of carbonyl (C=O) groups is 1. The van der Waals surface area contributed by atoms with Gasteiger partial charge in [-0.05, 0) is 25.0 Å². The van der Waals surface area contributed by atoms with Crippen molar-refractivity contribution < 1.29 is 14.3 Å². The van der Waals surface area contributed by atoms with Crippen LogP contribution >= 0.6 is 23.2 Å². The smallest absolute Gasteiger partial charge is 0.242 e. The van der Waals surface area contributed by atoms with Gasteiger partial charge in [-0.2, -0.15) is 0 Å². The molecular formula is C16H20Cl2N2O3. The second-order valence-corrected chi connectivity index (χ2v) is 6.94. The molecule has 3 rings (SSSR count). The third kappa shape index (κ3) is 3.74. The molecule has 5 nitrogen and oxygen atoms in total. The summed E-state index contributed by atoms with van der Waals surface area (Å²) in [4.78, 5) is 14.5. The maximum atomic E-state index is 12.7. The van der Waals surface area contributed by atoms with Crippen LogP contribution in [0.15, 0.2) is 18.2 Å². The van der Waals surface area contributed by atoms with E-state index in [0.717, 1.165) is 6.42 Å². The molecule has 1 aromatic rings. The summed E-state index contributed by atoms with van der Waals surface area (Å²) < 4.78 is 11.2. The summed E-state index contributed by atoms with van der Waals surface area (Å²) >= 11 is 11.9. The summed E-state index contributed by atoms with van der Waals surface area (Å²) in [5.41, 5.74) is 5.48. The van der Waals surface area contributed by atoms with Crippen molar-refractivity contribution in [2.45, 2.75) is 30.9 Å². The Balaban J connectivity index is 1.59. The van der Waals surface area contributed by atoms with E-state index in [2.05, 4.69) is 0 Å². The number of benzene rings is 1. The van der Waals surface area contributed by atoms with Gasteiger partial charge in [0.2, 0.25) is 5.91 Å². The van der Waals surface area contributed by atoms with Gasteiger partial charge in [0.25, 0.3) is 0 Å². The van der Waals surface area contributed by atoms with E-state index in [1.165, 1.54) is 0 Å². The summed E-state index contributed by atoms with van der Waals surface area (Å²) in [6.45, 7) is 2.28. The number of nitrogens with zero attached hydrogens (tertiary/aromatic N) is 1. The largest absolute Gasteiger partial charge is 0.488 e. The van der Waals surface area contributed by atoms with Crippen molar-refractivity contribution in [3.63, 3.8) is 0 Å². The summed E-state index contributed by atoms with van der Waals surface area (Å²) in [7, 11) is 0. The van der Waals surface area contributed by atoms with Crippen LogP contribution in [0.3, 0.4) is 0 Å². The molecule has 2 N–H and O–H groups in total. The van der Waals surface area contributed by atoms with Crippen molar-refractivity contribution in [1.82, 2.24) is 4.90 Å². The Labute approximate surface area is 145 Å². The highest BCUT2D eigenvalue weighted by Gasteiger charge is 2.41. The Hall–Kier alpha value is -1.01. The lowest BCUT2D eigenvalue weighted by atomic mass is 9.90. The number of halogens is 2. The van der Waals surface area contributed by atoms with Gasteiger partial charge >= 0.3 is 0 Å². The highest BCUT2D eigenvalue weighted by Crippen LogP contribution is 2.29. The van der Waals surface area contributed by atoms with Gasteiger partial charge in [-0.15, -0.1) is 0 Å². The quantitative estimate of drug-likeness (QED) is 0.901. The van der Waals surface area contributed by atoms with Crippen LogP contribution < -0.4 is 10.5 Å². The molecule has 0 aliphatic carbocycles. The molecule has 1 unspecified atom stereocenters. The molecule has 7 heteroatoms. The Kier molecular flexibility index (Phi) is 5.01. The SMILES string of the molecule is NC1(C(=O)N2CCC(Oc3ccc(Cl)c(Cl)c3)C2)CCOCC1. The van der Waals surface area contributed by atoms with Gasteiger partial charge in [0, 0.05) is 32.2 Å². The fourth-order valence-electron chi connectivity index (χ4n) is 3.02. The maximum Gasteiger partial charge on any atom is 0.242 e. The molecule has 0 saturated carbocycles. The molecule has 23 heavy (non-hydrogen) atoms. The van der Waals surface area contributed by atoms with Gasteiger partial charge in [0.1, 0.15) is 11.9 Å². The van der Waals surface area contributed by atoms with Crippen molar-refractivity contribution in [2.24, 2.45) is 5.73 Å². The molecule has 1 atom stereocenters. The van der Waals surface area contributed by atoms with Gasteiger partial charge in [-0.3, -0.25) is 4.79 Å². The minimum atomic E-state index is -0.795. The Morgan fingerprint density at radius 3 is 2.74 bits per heavy atom. The summed E-state index contributed by atoms with van der Waals surface area (Å²) in [5, 5.41) is 0.949. The number of ether oxygens (including phenoxy) is 2. The van der Waals surface area contributed by atoms with E-state index in [-0.39, 0.29) is 12.0 Å². The van der Waals surface area contributed by atoms with E-state index in [4.69, 9.17) is 38.4 Å². The van der Waals surface area contributed by atoms with Gasteiger partial charge in [0.05, 0.1) is 22.1 Å². The number of hydrogen-bond acceptors (Lipinski definition) is 4. The van der Waals surface area contributed by atoms with Crippen LogP contribution in [-0.2, 0) is 9.53 Å². The predicted octanol–water partition coefficient (Wildman–Crippen LogP) is 2.48. The minimum Gasteiger partial charge on any atom is -0.488 e. The molecule has 0 radical (unpaired) electrons. The normalized spacial score (nSPS) is 23.8. The number of likely N-dealkylation sites (tertiary alicyclic amines) is 1. The van der Waals surface area contributed by atoms with Crippen LogP contribution in [0.5, 0.6) is 5.75 Å². The number of hydrogen-bond donors (Lipinski definition) is 1. The van der Waals surface area contributed by atoms with Crippen LogP contribution in [0.25, 0.3) is 0 Å². The first kappa shape index (κ1) is 16.8. The first-order chi connectivity index (χ1) is 11.0. The zero-order chi connectivity index (χ0) is 16.4. The van der Waals surface area contributed by atoms with E-state index in [9.17, 15) is 4.79 Å². The second-order valence-electron chi connectivity index (χ2n) is 6.12. The molecule has 2 aliphatic rings. The molecule has 1 aromatic carbocycles. The number of nitrogens with two attached hydrogens (primary N) is 1. The lowest BCUT2D eigenvalue weighted by Crippen LogP contribution is -2.57. The first-order valence-corrected chi connectivity index (χ1v) is 8.51. The minimum absolute atomic E-state index is 0.000962. The Morgan fingerprint density at radius 1 is 1.30 bits per heavy atom.